The highest BCUT2D eigenvalue weighted by molar-refractivity contribution is 5.99. The number of carbonyl (C=O) groups is 2. The first-order valence-corrected chi connectivity index (χ1v) is 12.9. The van der Waals surface area contributed by atoms with E-state index in [1.165, 1.54) is 12.1 Å². The molecule has 1 heterocycles. The van der Waals surface area contributed by atoms with Crippen LogP contribution in [-0.2, 0) is 12.7 Å². The van der Waals surface area contributed by atoms with E-state index in [0.717, 1.165) is 17.7 Å². The van der Waals surface area contributed by atoms with E-state index in [9.17, 15) is 27.9 Å². The van der Waals surface area contributed by atoms with Gasteiger partial charge >= 0.3 is 12.2 Å². The van der Waals surface area contributed by atoms with Crippen molar-refractivity contribution < 1.29 is 32.6 Å². The number of urea groups is 1. The van der Waals surface area contributed by atoms with Gasteiger partial charge in [0.15, 0.2) is 0 Å². The average Bonchev–Trinajstić information content (AvgIpc) is 2.85. The molecule has 8 nitrogen and oxygen atoms in total. The third-order valence-corrected chi connectivity index (χ3v) is 6.57. The highest BCUT2D eigenvalue weighted by Gasteiger charge is 2.34. The number of carbonyl (C=O) groups excluding carboxylic acids is 2. The molecule has 2 aromatic carbocycles. The molecule has 1 aliphatic rings. The minimum Gasteiger partial charge on any atom is -0.488 e. The van der Waals surface area contributed by atoms with E-state index >= 15 is 0 Å². The summed E-state index contributed by atoms with van der Waals surface area (Å²) in [6.45, 7) is 8.33. The maximum atomic E-state index is 13.5. The van der Waals surface area contributed by atoms with Crippen molar-refractivity contribution in [3.8, 4) is 5.75 Å². The third-order valence-electron chi connectivity index (χ3n) is 6.57. The Kier molecular flexibility index (Phi) is 9.84. The molecule has 3 rings (SSSR count). The van der Waals surface area contributed by atoms with Crippen LogP contribution in [-0.4, -0.2) is 71.8 Å². The lowest BCUT2D eigenvalue weighted by molar-refractivity contribution is -0.137. The number of amides is 3. The molecule has 214 valence electrons. The van der Waals surface area contributed by atoms with Gasteiger partial charge in [-0.1, -0.05) is 19.1 Å². The Morgan fingerprint density at radius 1 is 1.18 bits per heavy atom. The zero-order chi connectivity index (χ0) is 28.9. The summed E-state index contributed by atoms with van der Waals surface area (Å²) >= 11 is 0. The fourth-order valence-corrected chi connectivity index (χ4v) is 4.43. The maximum absolute atomic E-state index is 13.5. The fraction of sp³-hybridized carbons (Fsp3) is 0.500. The molecule has 39 heavy (non-hydrogen) atoms. The first kappa shape index (κ1) is 30.2. The lowest BCUT2D eigenvalue weighted by Crippen LogP contribution is -2.49. The number of halogens is 3. The Hall–Kier alpha value is -3.31. The summed E-state index contributed by atoms with van der Waals surface area (Å²) < 4.78 is 45.1. The van der Waals surface area contributed by atoms with Crippen molar-refractivity contribution in [2.24, 2.45) is 5.92 Å². The molecule has 0 fully saturated rings. The van der Waals surface area contributed by atoms with Crippen molar-refractivity contribution in [1.29, 1.82) is 0 Å². The molecule has 0 unspecified atom stereocenters. The normalized spacial score (nSPS) is 18.7. The maximum Gasteiger partial charge on any atom is 0.416 e. The molecule has 2 aromatic rings. The number of likely N-dealkylation sites (N-methyl/N-ethyl adjacent to an activating group) is 1. The van der Waals surface area contributed by atoms with Crippen molar-refractivity contribution in [2.75, 3.05) is 32.1 Å². The number of ether oxygens (including phenoxy) is 1. The van der Waals surface area contributed by atoms with E-state index in [4.69, 9.17) is 4.74 Å². The summed E-state index contributed by atoms with van der Waals surface area (Å²) in [7, 11) is 1.85. The van der Waals surface area contributed by atoms with Gasteiger partial charge in [0.1, 0.15) is 11.9 Å². The quantitative estimate of drug-likeness (QED) is 0.447. The summed E-state index contributed by atoms with van der Waals surface area (Å²) in [5, 5.41) is 15.3. The van der Waals surface area contributed by atoms with Crippen LogP contribution in [0.3, 0.4) is 0 Å². The minimum atomic E-state index is -4.39. The molecular formula is C28H37F3N4O4. The summed E-state index contributed by atoms with van der Waals surface area (Å²) in [6, 6.07) is 9.01. The number of anilines is 1. The summed E-state index contributed by atoms with van der Waals surface area (Å²) in [4.78, 5) is 29.3. The van der Waals surface area contributed by atoms with Gasteiger partial charge in [-0.05, 0) is 63.7 Å². The summed E-state index contributed by atoms with van der Waals surface area (Å²) in [5.41, 5.74) is 0.719. The topological polar surface area (TPSA) is 94.1 Å². The van der Waals surface area contributed by atoms with Crippen LogP contribution < -0.4 is 15.4 Å². The predicted octanol–water partition coefficient (Wildman–Crippen LogP) is 4.59. The van der Waals surface area contributed by atoms with Gasteiger partial charge in [0, 0.05) is 37.3 Å². The molecule has 3 atom stereocenters. The third kappa shape index (κ3) is 8.09. The highest BCUT2D eigenvalue weighted by atomic mass is 19.4. The Labute approximate surface area is 227 Å². The number of nitrogens with one attached hydrogen (secondary N) is 2. The van der Waals surface area contributed by atoms with Crippen LogP contribution >= 0.6 is 0 Å². The predicted molar refractivity (Wildman–Crippen MR) is 143 cm³/mol. The molecule has 0 saturated carbocycles. The Bertz CT molecular complexity index is 1140. The van der Waals surface area contributed by atoms with E-state index in [2.05, 4.69) is 10.6 Å². The van der Waals surface area contributed by atoms with E-state index in [-0.39, 0.29) is 36.1 Å². The number of fused-ring (bicyclic) bond motifs is 1. The molecule has 0 aliphatic carbocycles. The monoisotopic (exact) mass is 550 g/mol. The molecule has 0 spiro atoms. The molecule has 0 radical (unpaired) electrons. The molecule has 0 bridgehead atoms. The van der Waals surface area contributed by atoms with Crippen molar-refractivity contribution in [1.82, 2.24) is 15.1 Å². The number of hydrogen-bond acceptors (Lipinski definition) is 5. The van der Waals surface area contributed by atoms with E-state index in [1.807, 2.05) is 32.7 Å². The highest BCUT2D eigenvalue weighted by Crippen LogP contribution is 2.31. The van der Waals surface area contributed by atoms with E-state index in [1.54, 1.807) is 30.0 Å². The Balaban J connectivity index is 1.83. The zero-order valence-corrected chi connectivity index (χ0v) is 22.9. The van der Waals surface area contributed by atoms with Crippen molar-refractivity contribution >= 4 is 17.6 Å². The van der Waals surface area contributed by atoms with Gasteiger partial charge in [0.25, 0.3) is 5.91 Å². The van der Waals surface area contributed by atoms with Gasteiger partial charge in [0.05, 0.1) is 23.8 Å². The standard InChI is InChI=1S/C28H37F3N4O4/c1-17(2)32-27(38)33-22-10-11-24-23(12-22)26(37)35(19(4)16-36)13-18(3)25(39-24)15-34(5)14-20-6-8-21(9-7-20)28(29,30)31/h6-12,17-19,25,36H,13-16H2,1-5H3,(H2,32,33,38)/t18-,19+,25-/m0/s1. The van der Waals surface area contributed by atoms with Gasteiger partial charge in [-0.25, -0.2) is 4.79 Å². The summed E-state index contributed by atoms with van der Waals surface area (Å²) in [5.74, 6) is -0.0897. The Morgan fingerprint density at radius 2 is 1.85 bits per heavy atom. The number of nitrogens with zero attached hydrogens (tertiary/aromatic N) is 2. The number of aliphatic hydroxyl groups is 1. The lowest BCUT2D eigenvalue weighted by Gasteiger charge is -2.38. The molecule has 3 amide bonds. The molecule has 11 heteroatoms. The van der Waals surface area contributed by atoms with Gasteiger partial charge in [-0.3, -0.25) is 9.69 Å². The van der Waals surface area contributed by atoms with Crippen molar-refractivity contribution in [3.63, 3.8) is 0 Å². The van der Waals surface area contributed by atoms with Gasteiger partial charge in [-0.15, -0.1) is 0 Å². The smallest absolute Gasteiger partial charge is 0.416 e. The minimum absolute atomic E-state index is 0.0676. The second-order valence-corrected chi connectivity index (χ2v) is 10.5. The molecule has 0 aromatic heterocycles. The van der Waals surface area contributed by atoms with Crippen molar-refractivity contribution in [3.05, 3.63) is 59.2 Å². The number of hydrogen-bond donors (Lipinski definition) is 3. The first-order valence-electron chi connectivity index (χ1n) is 12.9. The van der Waals surface area contributed by atoms with Gasteiger partial charge in [-0.2, -0.15) is 13.2 Å². The zero-order valence-electron chi connectivity index (χ0n) is 22.9. The average molecular weight is 551 g/mol. The number of alkyl halides is 3. The second kappa shape index (κ2) is 12.7. The lowest BCUT2D eigenvalue weighted by atomic mass is 9.99. The molecular weight excluding hydrogens is 513 g/mol. The SMILES string of the molecule is CC(C)NC(=O)Nc1ccc2c(c1)C(=O)N([C@H](C)CO)C[C@H](C)[C@H](CN(C)Cc1ccc(C(F)(F)F)cc1)O2. The van der Waals surface area contributed by atoms with E-state index in [0.29, 0.717) is 31.1 Å². The van der Waals surface area contributed by atoms with Crippen LogP contribution in [0.2, 0.25) is 0 Å². The van der Waals surface area contributed by atoms with E-state index < -0.39 is 23.8 Å². The fourth-order valence-electron chi connectivity index (χ4n) is 4.43. The Morgan fingerprint density at radius 3 is 2.44 bits per heavy atom. The van der Waals surface area contributed by atoms with Crippen LogP contribution in [0.4, 0.5) is 23.7 Å². The number of aliphatic hydroxyl groups excluding tert-OH is 1. The second-order valence-electron chi connectivity index (χ2n) is 10.5. The first-order chi connectivity index (χ1) is 18.3. The van der Waals surface area contributed by atoms with Gasteiger partial charge in [0.2, 0.25) is 0 Å². The molecule has 0 saturated heterocycles. The van der Waals surface area contributed by atoms with Crippen LogP contribution in [0.1, 0.15) is 49.2 Å². The van der Waals surface area contributed by atoms with Crippen LogP contribution in [0.25, 0.3) is 0 Å². The molecule has 1 aliphatic heterocycles. The van der Waals surface area contributed by atoms with Crippen LogP contribution in [0.5, 0.6) is 5.75 Å². The molecule has 3 N–H and O–H groups in total. The largest absolute Gasteiger partial charge is 0.488 e. The summed E-state index contributed by atoms with van der Waals surface area (Å²) in [6.07, 6.45) is -4.75. The number of benzene rings is 2. The van der Waals surface area contributed by atoms with Crippen molar-refractivity contribution in [2.45, 2.75) is 58.6 Å². The van der Waals surface area contributed by atoms with Gasteiger partial charge < -0.3 is 25.4 Å². The van der Waals surface area contributed by atoms with Crippen LogP contribution in [0, 0.1) is 5.92 Å². The number of rotatable bonds is 8. The van der Waals surface area contributed by atoms with Crippen LogP contribution in [0.15, 0.2) is 42.5 Å².